The van der Waals surface area contributed by atoms with E-state index in [0.29, 0.717) is 30.9 Å². The Morgan fingerprint density at radius 3 is 2.29 bits per heavy atom. The van der Waals surface area contributed by atoms with Gasteiger partial charge < -0.3 is 10.6 Å². The molecule has 1 amide bonds. The third-order valence-corrected chi connectivity index (χ3v) is 3.47. The summed E-state index contributed by atoms with van der Waals surface area (Å²) in [5.41, 5.74) is 7.87. The van der Waals surface area contributed by atoms with E-state index in [1.165, 1.54) is 4.90 Å². The molecule has 0 fully saturated rings. The van der Waals surface area contributed by atoms with Gasteiger partial charge >= 0.3 is 0 Å². The Bertz CT molecular complexity index is 723. The topological polar surface area (TPSA) is 46.3 Å². The summed E-state index contributed by atoms with van der Waals surface area (Å²) in [6.07, 6.45) is 0. The van der Waals surface area contributed by atoms with Gasteiger partial charge in [-0.25, -0.2) is 13.2 Å². The summed E-state index contributed by atoms with van der Waals surface area (Å²) in [6, 6.07) is 6.71. The standard InChI is InChI=1S/C15H11F3N2O/c16-12-4-9(5-13(17)14(12)18)15(21)20-6-8-1-2-11(19)3-10(8)7-20/h1-5H,6-7,19H2. The lowest BCUT2D eigenvalue weighted by Crippen LogP contribution is -2.25. The van der Waals surface area contributed by atoms with E-state index in [1.54, 1.807) is 12.1 Å². The van der Waals surface area contributed by atoms with Crippen molar-refractivity contribution in [2.75, 3.05) is 5.73 Å². The van der Waals surface area contributed by atoms with Crippen molar-refractivity contribution in [3.05, 3.63) is 64.5 Å². The van der Waals surface area contributed by atoms with Crippen LogP contribution in [0, 0.1) is 17.5 Å². The number of carbonyl (C=O) groups is 1. The van der Waals surface area contributed by atoms with E-state index in [1.807, 2.05) is 6.07 Å². The summed E-state index contributed by atoms with van der Waals surface area (Å²) in [7, 11) is 0. The van der Waals surface area contributed by atoms with Crippen LogP contribution < -0.4 is 5.73 Å². The van der Waals surface area contributed by atoms with Gasteiger partial charge in [-0.2, -0.15) is 0 Å². The summed E-state index contributed by atoms with van der Waals surface area (Å²) in [5, 5.41) is 0. The van der Waals surface area contributed by atoms with Crippen LogP contribution in [0.4, 0.5) is 18.9 Å². The number of rotatable bonds is 1. The molecular weight excluding hydrogens is 281 g/mol. The molecular formula is C15H11F3N2O. The van der Waals surface area contributed by atoms with Crippen LogP contribution in [-0.4, -0.2) is 10.8 Å². The molecule has 0 bridgehead atoms. The second kappa shape index (κ2) is 4.80. The van der Waals surface area contributed by atoms with Crippen molar-refractivity contribution >= 4 is 11.6 Å². The van der Waals surface area contributed by atoms with E-state index in [-0.39, 0.29) is 5.56 Å². The zero-order valence-corrected chi connectivity index (χ0v) is 10.9. The largest absolute Gasteiger partial charge is 0.399 e. The number of nitrogens with two attached hydrogens (primary N) is 1. The van der Waals surface area contributed by atoms with Crippen LogP contribution in [0.25, 0.3) is 0 Å². The van der Waals surface area contributed by atoms with Gasteiger partial charge in [0.15, 0.2) is 17.5 Å². The minimum atomic E-state index is -1.58. The summed E-state index contributed by atoms with van der Waals surface area (Å²) in [5.74, 6) is -4.88. The monoisotopic (exact) mass is 292 g/mol. The Kier molecular flexibility index (Phi) is 3.08. The fourth-order valence-corrected chi connectivity index (χ4v) is 2.42. The molecule has 0 unspecified atom stereocenters. The summed E-state index contributed by atoms with van der Waals surface area (Å²) < 4.78 is 39.3. The van der Waals surface area contributed by atoms with Gasteiger partial charge in [0, 0.05) is 24.3 Å². The lowest BCUT2D eigenvalue weighted by molar-refractivity contribution is 0.0750. The van der Waals surface area contributed by atoms with Crippen LogP contribution in [0.2, 0.25) is 0 Å². The number of benzene rings is 2. The first-order valence-electron chi connectivity index (χ1n) is 6.27. The molecule has 2 aromatic carbocycles. The summed E-state index contributed by atoms with van der Waals surface area (Å²) >= 11 is 0. The van der Waals surface area contributed by atoms with E-state index in [2.05, 4.69) is 0 Å². The van der Waals surface area contributed by atoms with Crippen LogP contribution in [0.1, 0.15) is 21.5 Å². The van der Waals surface area contributed by atoms with Crippen LogP contribution in [0.15, 0.2) is 30.3 Å². The zero-order valence-electron chi connectivity index (χ0n) is 10.9. The molecule has 0 saturated heterocycles. The Balaban J connectivity index is 1.88. The molecule has 0 aromatic heterocycles. The lowest BCUT2D eigenvalue weighted by atomic mass is 10.1. The molecule has 0 atom stereocenters. The molecule has 0 saturated carbocycles. The van der Waals surface area contributed by atoms with Gasteiger partial charge in [0.1, 0.15) is 0 Å². The van der Waals surface area contributed by atoms with Crippen molar-refractivity contribution in [3.8, 4) is 0 Å². The Labute approximate surface area is 118 Å². The van der Waals surface area contributed by atoms with Gasteiger partial charge in [0.2, 0.25) is 0 Å². The molecule has 0 spiro atoms. The second-order valence-corrected chi connectivity index (χ2v) is 4.94. The second-order valence-electron chi connectivity index (χ2n) is 4.94. The highest BCUT2D eigenvalue weighted by Crippen LogP contribution is 2.26. The van der Waals surface area contributed by atoms with Gasteiger partial charge in [-0.1, -0.05) is 6.07 Å². The minimum absolute atomic E-state index is 0.216. The molecule has 3 rings (SSSR count). The molecule has 2 N–H and O–H groups in total. The highest BCUT2D eigenvalue weighted by Gasteiger charge is 2.26. The average molecular weight is 292 g/mol. The first-order valence-corrected chi connectivity index (χ1v) is 6.27. The first-order chi connectivity index (χ1) is 9.95. The molecule has 0 radical (unpaired) electrons. The van der Waals surface area contributed by atoms with Gasteiger partial charge in [-0.15, -0.1) is 0 Å². The summed E-state index contributed by atoms with van der Waals surface area (Å²) in [4.78, 5) is 13.7. The zero-order chi connectivity index (χ0) is 15.1. The van der Waals surface area contributed by atoms with E-state index in [9.17, 15) is 18.0 Å². The van der Waals surface area contributed by atoms with E-state index in [0.717, 1.165) is 11.1 Å². The lowest BCUT2D eigenvalue weighted by Gasteiger charge is -2.15. The maximum absolute atomic E-state index is 13.2. The van der Waals surface area contributed by atoms with Crippen molar-refractivity contribution in [1.82, 2.24) is 4.90 Å². The molecule has 1 aliphatic rings. The highest BCUT2D eigenvalue weighted by molar-refractivity contribution is 5.94. The third kappa shape index (κ3) is 2.33. The molecule has 1 heterocycles. The van der Waals surface area contributed by atoms with Crippen molar-refractivity contribution < 1.29 is 18.0 Å². The number of amides is 1. The van der Waals surface area contributed by atoms with Crippen molar-refractivity contribution in [2.45, 2.75) is 13.1 Å². The number of hydrogen-bond acceptors (Lipinski definition) is 2. The number of nitrogens with zero attached hydrogens (tertiary/aromatic N) is 1. The van der Waals surface area contributed by atoms with Gasteiger partial charge in [-0.05, 0) is 35.4 Å². The Hall–Kier alpha value is -2.50. The first kappa shape index (κ1) is 13.5. The quantitative estimate of drug-likeness (QED) is 0.649. The molecule has 2 aromatic rings. The van der Waals surface area contributed by atoms with Crippen LogP contribution in [0.3, 0.4) is 0 Å². The van der Waals surface area contributed by atoms with Crippen molar-refractivity contribution in [2.24, 2.45) is 0 Å². The minimum Gasteiger partial charge on any atom is -0.399 e. The van der Waals surface area contributed by atoms with Gasteiger partial charge in [0.05, 0.1) is 0 Å². The maximum atomic E-state index is 13.2. The predicted molar refractivity (Wildman–Crippen MR) is 70.7 cm³/mol. The number of hydrogen-bond donors (Lipinski definition) is 1. The molecule has 1 aliphatic heterocycles. The molecule has 3 nitrogen and oxygen atoms in total. The summed E-state index contributed by atoms with van der Waals surface area (Å²) in [6.45, 7) is 0.634. The number of carbonyl (C=O) groups excluding carboxylic acids is 1. The molecule has 108 valence electrons. The van der Waals surface area contributed by atoms with Gasteiger partial charge in [0.25, 0.3) is 5.91 Å². The highest BCUT2D eigenvalue weighted by atomic mass is 19.2. The van der Waals surface area contributed by atoms with Crippen molar-refractivity contribution in [1.29, 1.82) is 0 Å². The number of halogens is 3. The average Bonchev–Trinajstić information content (AvgIpc) is 2.86. The van der Waals surface area contributed by atoms with Crippen LogP contribution >= 0.6 is 0 Å². The molecule has 6 heteroatoms. The SMILES string of the molecule is Nc1ccc2c(c1)CN(C(=O)c1cc(F)c(F)c(F)c1)C2. The van der Waals surface area contributed by atoms with Crippen molar-refractivity contribution in [3.63, 3.8) is 0 Å². The Morgan fingerprint density at radius 1 is 1.00 bits per heavy atom. The van der Waals surface area contributed by atoms with E-state index in [4.69, 9.17) is 5.73 Å². The molecule has 21 heavy (non-hydrogen) atoms. The molecule has 0 aliphatic carbocycles. The van der Waals surface area contributed by atoms with Gasteiger partial charge in [-0.3, -0.25) is 4.79 Å². The normalized spacial score (nSPS) is 13.4. The maximum Gasteiger partial charge on any atom is 0.254 e. The van der Waals surface area contributed by atoms with E-state index < -0.39 is 23.4 Å². The fourth-order valence-electron chi connectivity index (χ4n) is 2.42. The van der Waals surface area contributed by atoms with Crippen LogP contribution in [-0.2, 0) is 13.1 Å². The predicted octanol–water partition coefficient (Wildman–Crippen LogP) is 2.84. The van der Waals surface area contributed by atoms with Crippen LogP contribution in [0.5, 0.6) is 0 Å². The smallest absolute Gasteiger partial charge is 0.254 e. The number of anilines is 1. The number of nitrogen functional groups attached to an aromatic ring is 1. The Morgan fingerprint density at radius 2 is 1.62 bits per heavy atom. The third-order valence-electron chi connectivity index (χ3n) is 3.47. The number of fused-ring (bicyclic) bond motifs is 1. The fraction of sp³-hybridized carbons (Fsp3) is 0.133. The van der Waals surface area contributed by atoms with E-state index >= 15 is 0 Å².